The number of aromatic nitrogens is 3. The van der Waals surface area contributed by atoms with Gasteiger partial charge in [-0.25, -0.2) is 9.67 Å². The van der Waals surface area contributed by atoms with Gasteiger partial charge in [0.15, 0.2) is 0 Å². The Labute approximate surface area is 114 Å². The molecule has 0 spiro atoms. The molecule has 0 aliphatic carbocycles. The van der Waals surface area contributed by atoms with Crippen LogP contribution in [0.2, 0.25) is 0 Å². The molecule has 2 atom stereocenters. The number of nitrogens with zero attached hydrogens (tertiary/aromatic N) is 3. The van der Waals surface area contributed by atoms with Crippen LogP contribution < -0.4 is 5.32 Å². The van der Waals surface area contributed by atoms with Gasteiger partial charge in [0.1, 0.15) is 12.7 Å². The molecule has 0 saturated heterocycles. The zero-order chi connectivity index (χ0) is 13.7. The Bertz CT molecular complexity index is 464. The predicted octanol–water partition coefficient (Wildman–Crippen LogP) is 2.83. The van der Waals surface area contributed by atoms with E-state index < -0.39 is 0 Å². The van der Waals surface area contributed by atoms with Gasteiger partial charge in [0.25, 0.3) is 0 Å². The van der Waals surface area contributed by atoms with Gasteiger partial charge in [-0.15, -0.1) is 0 Å². The fraction of sp³-hybridized carbons (Fsp3) is 0.467. The number of hydrogen-bond acceptors (Lipinski definition) is 3. The first-order valence-corrected chi connectivity index (χ1v) is 6.86. The Hall–Kier alpha value is -1.68. The molecule has 1 aromatic carbocycles. The Kier molecular flexibility index (Phi) is 4.68. The molecule has 0 aliphatic heterocycles. The Morgan fingerprint density at radius 1 is 1.21 bits per heavy atom. The van der Waals surface area contributed by atoms with E-state index in [9.17, 15) is 0 Å². The summed E-state index contributed by atoms with van der Waals surface area (Å²) >= 11 is 0. The van der Waals surface area contributed by atoms with Crippen molar-refractivity contribution in [2.45, 2.75) is 32.9 Å². The second-order valence-corrected chi connectivity index (χ2v) is 5.06. The van der Waals surface area contributed by atoms with Gasteiger partial charge in [-0.1, -0.05) is 51.1 Å². The van der Waals surface area contributed by atoms with E-state index in [0.29, 0.717) is 5.92 Å². The van der Waals surface area contributed by atoms with Gasteiger partial charge in [-0.3, -0.25) is 0 Å². The first kappa shape index (κ1) is 13.7. The summed E-state index contributed by atoms with van der Waals surface area (Å²) in [7, 11) is 0. The van der Waals surface area contributed by atoms with Crippen LogP contribution in [-0.2, 0) is 0 Å². The van der Waals surface area contributed by atoms with E-state index in [0.717, 1.165) is 6.54 Å². The highest BCUT2D eigenvalue weighted by atomic mass is 15.3. The first-order valence-electron chi connectivity index (χ1n) is 6.86. The van der Waals surface area contributed by atoms with Gasteiger partial charge >= 0.3 is 0 Å². The standard InChI is InChI=1S/C15H22N4/c1-4-17-14(13-8-6-5-7-9-13)15(12(2)3)19-11-16-10-18-19/h5-12,14-15,17H,4H2,1-3H3. The second-order valence-electron chi connectivity index (χ2n) is 5.06. The van der Waals surface area contributed by atoms with Crippen molar-refractivity contribution in [3.05, 3.63) is 48.5 Å². The highest BCUT2D eigenvalue weighted by Gasteiger charge is 2.27. The quantitative estimate of drug-likeness (QED) is 0.866. The molecular weight excluding hydrogens is 236 g/mol. The summed E-state index contributed by atoms with van der Waals surface area (Å²) in [5.41, 5.74) is 1.29. The van der Waals surface area contributed by atoms with Crippen LogP contribution in [0.5, 0.6) is 0 Å². The fourth-order valence-electron chi connectivity index (χ4n) is 2.53. The van der Waals surface area contributed by atoms with Gasteiger partial charge in [0.2, 0.25) is 0 Å². The van der Waals surface area contributed by atoms with Crippen molar-refractivity contribution in [2.75, 3.05) is 6.54 Å². The molecule has 19 heavy (non-hydrogen) atoms. The summed E-state index contributed by atoms with van der Waals surface area (Å²) in [5.74, 6) is 0.464. The monoisotopic (exact) mass is 258 g/mol. The maximum atomic E-state index is 4.33. The molecule has 1 N–H and O–H groups in total. The molecule has 1 heterocycles. The molecule has 2 rings (SSSR count). The third kappa shape index (κ3) is 3.20. The largest absolute Gasteiger partial charge is 0.308 e. The van der Waals surface area contributed by atoms with Gasteiger partial charge in [-0.05, 0) is 18.0 Å². The van der Waals surface area contributed by atoms with Crippen LogP contribution in [-0.4, -0.2) is 21.3 Å². The number of nitrogens with one attached hydrogen (secondary N) is 1. The SMILES string of the molecule is CCNC(c1ccccc1)C(C(C)C)n1cncn1. The summed E-state index contributed by atoms with van der Waals surface area (Å²) < 4.78 is 1.96. The Morgan fingerprint density at radius 3 is 2.47 bits per heavy atom. The molecule has 0 aliphatic rings. The predicted molar refractivity (Wildman–Crippen MR) is 76.8 cm³/mol. The molecule has 102 valence electrons. The number of rotatable bonds is 6. The average Bonchev–Trinajstić information content (AvgIpc) is 2.92. The molecule has 0 amide bonds. The lowest BCUT2D eigenvalue weighted by atomic mass is 9.91. The van der Waals surface area contributed by atoms with Crippen LogP contribution >= 0.6 is 0 Å². The van der Waals surface area contributed by atoms with E-state index in [-0.39, 0.29) is 12.1 Å². The average molecular weight is 258 g/mol. The minimum Gasteiger partial charge on any atom is -0.308 e. The lowest BCUT2D eigenvalue weighted by Gasteiger charge is -2.31. The van der Waals surface area contributed by atoms with E-state index in [1.807, 2.05) is 10.7 Å². The zero-order valence-corrected chi connectivity index (χ0v) is 11.8. The maximum absolute atomic E-state index is 4.33. The normalized spacial score (nSPS) is 14.5. The van der Waals surface area contributed by atoms with Crippen molar-refractivity contribution < 1.29 is 0 Å². The smallest absolute Gasteiger partial charge is 0.137 e. The van der Waals surface area contributed by atoms with Crippen LogP contribution in [0.1, 0.15) is 38.4 Å². The minimum atomic E-state index is 0.243. The lowest BCUT2D eigenvalue weighted by molar-refractivity contribution is 0.260. The summed E-state index contributed by atoms with van der Waals surface area (Å²) in [6, 6.07) is 11.0. The van der Waals surface area contributed by atoms with Crippen molar-refractivity contribution in [3.8, 4) is 0 Å². The van der Waals surface area contributed by atoms with E-state index in [2.05, 4.69) is 60.4 Å². The minimum absolute atomic E-state index is 0.243. The second kappa shape index (κ2) is 6.48. The van der Waals surface area contributed by atoms with E-state index in [4.69, 9.17) is 0 Å². The summed E-state index contributed by atoms with van der Waals surface area (Å²) in [5, 5.41) is 7.91. The molecule has 0 fully saturated rings. The topological polar surface area (TPSA) is 42.7 Å². The van der Waals surface area contributed by atoms with E-state index in [1.165, 1.54) is 5.56 Å². The van der Waals surface area contributed by atoms with Gasteiger partial charge in [0, 0.05) is 0 Å². The van der Waals surface area contributed by atoms with Crippen molar-refractivity contribution in [1.29, 1.82) is 0 Å². The lowest BCUT2D eigenvalue weighted by Crippen LogP contribution is -2.33. The van der Waals surface area contributed by atoms with E-state index >= 15 is 0 Å². The molecule has 4 heteroatoms. The summed E-state index contributed by atoms with van der Waals surface area (Å²) in [4.78, 5) is 4.09. The van der Waals surface area contributed by atoms with E-state index in [1.54, 1.807) is 12.7 Å². The maximum Gasteiger partial charge on any atom is 0.137 e. The molecular formula is C15H22N4. The molecule has 0 saturated carbocycles. The molecule has 4 nitrogen and oxygen atoms in total. The van der Waals surface area contributed by atoms with Crippen molar-refractivity contribution in [2.24, 2.45) is 5.92 Å². The number of hydrogen-bond donors (Lipinski definition) is 1. The third-order valence-corrected chi connectivity index (χ3v) is 3.35. The summed E-state index contributed by atoms with van der Waals surface area (Å²) in [6.45, 7) is 7.51. The van der Waals surface area contributed by atoms with Gasteiger partial charge < -0.3 is 5.32 Å². The van der Waals surface area contributed by atoms with Gasteiger partial charge in [-0.2, -0.15) is 5.10 Å². The third-order valence-electron chi connectivity index (χ3n) is 3.35. The highest BCUT2D eigenvalue weighted by molar-refractivity contribution is 5.20. The van der Waals surface area contributed by atoms with Crippen molar-refractivity contribution in [3.63, 3.8) is 0 Å². The molecule has 1 aromatic heterocycles. The van der Waals surface area contributed by atoms with Crippen LogP contribution in [0.25, 0.3) is 0 Å². The molecule has 2 aromatic rings. The molecule has 0 radical (unpaired) electrons. The zero-order valence-electron chi connectivity index (χ0n) is 11.8. The highest BCUT2D eigenvalue weighted by Crippen LogP contribution is 2.31. The first-order chi connectivity index (χ1) is 9.24. The fourth-order valence-corrected chi connectivity index (χ4v) is 2.53. The van der Waals surface area contributed by atoms with Gasteiger partial charge in [0.05, 0.1) is 12.1 Å². The van der Waals surface area contributed by atoms with Crippen molar-refractivity contribution >= 4 is 0 Å². The van der Waals surface area contributed by atoms with Crippen LogP contribution in [0.15, 0.2) is 43.0 Å². The van der Waals surface area contributed by atoms with Crippen LogP contribution in [0, 0.1) is 5.92 Å². The summed E-state index contributed by atoms with van der Waals surface area (Å²) in [6.07, 6.45) is 3.40. The number of benzene rings is 1. The van der Waals surface area contributed by atoms with Crippen molar-refractivity contribution in [1.82, 2.24) is 20.1 Å². The Balaban J connectivity index is 2.35. The molecule has 0 bridgehead atoms. The molecule has 2 unspecified atom stereocenters. The number of likely N-dealkylation sites (N-methyl/N-ethyl adjacent to an activating group) is 1. The van der Waals surface area contributed by atoms with Crippen LogP contribution in [0.4, 0.5) is 0 Å². The van der Waals surface area contributed by atoms with Crippen LogP contribution in [0.3, 0.4) is 0 Å². The Morgan fingerprint density at radius 2 is 1.95 bits per heavy atom.